The smallest absolute Gasteiger partial charge is 0.224 e. The lowest BCUT2D eigenvalue weighted by Gasteiger charge is -2.09. The summed E-state index contributed by atoms with van der Waals surface area (Å²) in [4.78, 5) is 8.10. The predicted octanol–water partition coefficient (Wildman–Crippen LogP) is 3.58. The molecule has 1 aromatic heterocycles. The number of nitrogens with one attached hydrogen (secondary N) is 2. The quantitative estimate of drug-likeness (QED) is 0.901. The van der Waals surface area contributed by atoms with Crippen LogP contribution in [0.1, 0.15) is 6.92 Å². The molecule has 0 saturated carbocycles. The third kappa shape index (κ3) is 3.29. The van der Waals surface area contributed by atoms with Crippen molar-refractivity contribution in [2.45, 2.75) is 6.92 Å². The van der Waals surface area contributed by atoms with Crippen molar-refractivity contribution in [1.82, 2.24) is 9.97 Å². The van der Waals surface area contributed by atoms with Gasteiger partial charge in [0.05, 0.1) is 6.20 Å². The summed E-state index contributed by atoms with van der Waals surface area (Å²) in [6.45, 7) is 2.56. The Bertz CT molecular complexity index is 592. The van der Waals surface area contributed by atoms with Crippen molar-refractivity contribution in [3.05, 3.63) is 41.1 Å². The SMILES string of the molecule is CCNc1ncc(Cl)c(Nc2ccc(F)c(F)c2)n1. The molecule has 0 amide bonds. The van der Waals surface area contributed by atoms with Crippen molar-refractivity contribution < 1.29 is 8.78 Å². The maximum Gasteiger partial charge on any atom is 0.224 e. The van der Waals surface area contributed by atoms with Crippen LogP contribution < -0.4 is 10.6 Å². The minimum atomic E-state index is -0.943. The van der Waals surface area contributed by atoms with Crippen LogP contribution in [-0.4, -0.2) is 16.5 Å². The molecule has 0 aliphatic rings. The third-order valence-electron chi connectivity index (χ3n) is 2.26. The Balaban J connectivity index is 2.26. The first-order valence-corrected chi connectivity index (χ1v) is 5.96. The van der Waals surface area contributed by atoms with Crippen LogP contribution in [0.3, 0.4) is 0 Å². The minimum absolute atomic E-state index is 0.284. The van der Waals surface area contributed by atoms with Gasteiger partial charge in [0.1, 0.15) is 5.02 Å². The van der Waals surface area contributed by atoms with Crippen LogP contribution in [0.2, 0.25) is 5.02 Å². The van der Waals surface area contributed by atoms with Gasteiger partial charge in [-0.15, -0.1) is 0 Å². The molecule has 1 aromatic carbocycles. The number of rotatable bonds is 4. The van der Waals surface area contributed by atoms with Gasteiger partial charge >= 0.3 is 0 Å². The summed E-state index contributed by atoms with van der Waals surface area (Å²) in [7, 11) is 0. The first-order chi connectivity index (χ1) is 9.10. The summed E-state index contributed by atoms with van der Waals surface area (Å²) in [5.41, 5.74) is 0.349. The Hall–Kier alpha value is -1.95. The van der Waals surface area contributed by atoms with E-state index >= 15 is 0 Å². The molecule has 0 saturated heterocycles. The fraction of sp³-hybridized carbons (Fsp3) is 0.167. The number of anilines is 3. The van der Waals surface area contributed by atoms with Gasteiger partial charge < -0.3 is 10.6 Å². The lowest BCUT2D eigenvalue weighted by molar-refractivity contribution is 0.509. The van der Waals surface area contributed by atoms with Crippen molar-refractivity contribution in [2.75, 3.05) is 17.2 Å². The van der Waals surface area contributed by atoms with Crippen molar-refractivity contribution in [3.63, 3.8) is 0 Å². The molecule has 2 N–H and O–H groups in total. The van der Waals surface area contributed by atoms with Gasteiger partial charge in [-0.25, -0.2) is 13.8 Å². The fourth-order valence-corrected chi connectivity index (χ4v) is 1.55. The lowest BCUT2D eigenvalue weighted by Crippen LogP contribution is -2.04. The molecule has 0 radical (unpaired) electrons. The van der Waals surface area contributed by atoms with E-state index in [2.05, 4.69) is 20.6 Å². The molecular weight excluding hydrogens is 274 g/mol. The molecule has 0 atom stereocenters. The average Bonchev–Trinajstić information content (AvgIpc) is 2.38. The zero-order valence-electron chi connectivity index (χ0n) is 10.0. The predicted molar refractivity (Wildman–Crippen MR) is 70.8 cm³/mol. The number of benzene rings is 1. The molecule has 1 heterocycles. The Morgan fingerprint density at radius 3 is 2.74 bits per heavy atom. The second-order valence-electron chi connectivity index (χ2n) is 3.67. The van der Waals surface area contributed by atoms with Crippen molar-refractivity contribution in [3.8, 4) is 0 Å². The summed E-state index contributed by atoms with van der Waals surface area (Å²) in [6.07, 6.45) is 1.43. The summed E-state index contributed by atoms with van der Waals surface area (Å²) in [5, 5.41) is 6.02. The molecule has 4 nitrogen and oxygen atoms in total. The molecule has 100 valence electrons. The van der Waals surface area contributed by atoms with E-state index in [0.29, 0.717) is 24.0 Å². The molecule has 0 spiro atoms. The molecule has 0 bridgehead atoms. The maximum absolute atomic E-state index is 13.1. The first kappa shape index (κ1) is 13.5. The van der Waals surface area contributed by atoms with Gasteiger partial charge in [-0.05, 0) is 19.1 Å². The van der Waals surface area contributed by atoms with Crippen LogP contribution in [0.5, 0.6) is 0 Å². The molecule has 0 fully saturated rings. The molecule has 0 aliphatic carbocycles. The van der Waals surface area contributed by atoms with Crippen molar-refractivity contribution in [2.24, 2.45) is 0 Å². The Kier molecular flexibility index (Phi) is 4.11. The summed E-state index contributed by atoms with van der Waals surface area (Å²) < 4.78 is 25.9. The summed E-state index contributed by atoms with van der Waals surface area (Å²) >= 11 is 5.93. The van der Waals surface area contributed by atoms with E-state index in [1.807, 2.05) is 6.92 Å². The Labute approximate surface area is 113 Å². The lowest BCUT2D eigenvalue weighted by atomic mass is 10.3. The molecule has 2 rings (SSSR count). The van der Waals surface area contributed by atoms with E-state index in [4.69, 9.17) is 11.6 Å². The second-order valence-corrected chi connectivity index (χ2v) is 4.08. The van der Waals surface area contributed by atoms with Crippen LogP contribution in [0.25, 0.3) is 0 Å². The van der Waals surface area contributed by atoms with Gasteiger partial charge in [-0.1, -0.05) is 11.6 Å². The second kappa shape index (κ2) is 5.79. The number of hydrogen-bond acceptors (Lipinski definition) is 4. The first-order valence-electron chi connectivity index (χ1n) is 5.58. The zero-order chi connectivity index (χ0) is 13.8. The van der Waals surface area contributed by atoms with Crippen molar-refractivity contribution in [1.29, 1.82) is 0 Å². The van der Waals surface area contributed by atoms with E-state index < -0.39 is 11.6 Å². The van der Waals surface area contributed by atoms with Gasteiger partial charge in [0.2, 0.25) is 5.95 Å². The topological polar surface area (TPSA) is 49.8 Å². The monoisotopic (exact) mass is 284 g/mol. The number of hydrogen-bond donors (Lipinski definition) is 2. The van der Waals surface area contributed by atoms with E-state index in [1.54, 1.807) is 0 Å². The number of nitrogens with zero attached hydrogens (tertiary/aromatic N) is 2. The third-order valence-corrected chi connectivity index (χ3v) is 2.54. The highest BCUT2D eigenvalue weighted by molar-refractivity contribution is 6.32. The van der Waals surface area contributed by atoms with Crippen LogP contribution in [0.4, 0.5) is 26.2 Å². The van der Waals surface area contributed by atoms with Crippen LogP contribution >= 0.6 is 11.6 Å². The zero-order valence-corrected chi connectivity index (χ0v) is 10.8. The molecule has 19 heavy (non-hydrogen) atoms. The summed E-state index contributed by atoms with van der Waals surface area (Å²) in [6, 6.07) is 3.45. The molecule has 0 aliphatic heterocycles. The standard InChI is InChI=1S/C12H11ClF2N4/c1-2-16-12-17-6-8(13)11(19-12)18-7-3-4-9(14)10(15)5-7/h3-6H,2H2,1H3,(H2,16,17,18,19). The van der Waals surface area contributed by atoms with Crippen LogP contribution in [0.15, 0.2) is 24.4 Å². The fourth-order valence-electron chi connectivity index (χ4n) is 1.41. The van der Waals surface area contributed by atoms with Gasteiger partial charge in [0.25, 0.3) is 0 Å². The normalized spacial score (nSPS) is 10.3. The van der Waals surface area contributed by atoms with E-state index in [-0.39, 0.29) is 5.02 Å². The Morgan fingerprint density at radius 2 is 2.05 bits per heavy atom. The van der Waals surface area contributed by atoms with Gasteiger partial charge in [-0.2, -0.15) is 4.98 Å². The van der Waals surface area contributed by atoms with Crippen LogP contribution in [0, 0.1) is 11.6 Å². The highest BCUT2D eigenvalue weighted by Crippen LogP contribution is 2.24. The van der Waals surface area contributed by atoms with Gasteiger partial charge in [0, 0.05) is 18.3 Å². The Morgan fingerprint density at radius 1 is 1.26 bits per heavy atom. The largest absolute Gasteiger partial charge is 0.354 e. The van der Waals surface area contributed by atoms with E-state index in [0.717, 1.165) is 12.1 Å². The van der Waals surface area contributed by atoms with Crippen LogP contribution in [-0.2, 0) is 0 Å². The summed E-state index contributed by atoms with van der Waals surface area (Å²) in [5.74, 6) is -1.13. The number of halogens is 3. The van der Waals surface area contributed by atoms with Gasteiger partial charge in [-0.3, -0.25) is 0 Å². The number of aromatic nitrogens is 2. The molecular formula is C12H11ClF2N4. The highest BCUT2D eigenvalue weighted by atomic mass is 35.5. The molecule has 0 unspecified atom stereocenters. The molecule has 2 aromatic rings. The average molecular weight is 285 g/mol. The van der Waals surface area contributed by atoms with E-state index in [9.17, 15) is 8.78 Å². The molecule has 7 heteroatoms. The minimum Gasteiger partial charge on any atom is -0.354 e. The van der Waals surface area contributed by atoms with Gasteiger partial charge in [0.15, 0.2) is 17.5 Å². The highest BCUT2D eigenvalue weighted by Gasteiger charge is 2.07. The van der Waals surface area contributed by atoms with E-state index in [1.165, 1.54) is 12.3 Å². The van der Waals surface area contributed by atoms with Crippen molar-refractivity contribution >= 4 is 29.1 Å². The maximum atomic E-state index is 13.1.